The van der Waals surface area contributed by atoms with Gasteiger partial charge in [-0.15, -0.1) is 11.3 Å². The number of carbonyl (C=O) groups excluding carboxylic acids is 1. The first kappa shape index (κ1) is 20.2. The van der Waals surface area contributed by atoms with Crippen LogP contribution in [0.3, 0.4) is 0 Å². The summed E-state index contributed by atoms with van der Waals surface area (Å²) in [4.78, 5) is 13.7. The summed E-state index contributed by atoms with van der Waals surface area (Å²) in [7, 11) is 0. The summed E-state index contributed by atoms with van der Waals surface area (Å²) in [6, 6.07) is 18.5. The molecule has 0 saturated heterocycles. The molecule has 2 aromatic carbocycles. The van der Waals surface area contributed by atoms with Gasteiger partial charge in [-0.25, -0.2) is 0 Å². The minimum absolute atomic E-state index is 0.0109. The Labute approximate surface area is 171 Å². The largest absolute Gasteiger partial charge is 0.493 e. The van der Waals surface area contributed by atoms with Gasteiger partial charge in [0.05, 0.1) is 19.1 Å². The SMILES string of the molecule is CCc1ccc([C@H](NC(=O)CCOc2cc(C)ccc2C)c2cccs2)cc1. The summed E-state index contributed by atoms with van der Waals surface area (Å²) in [6.45, 7) is 6.56. The van der Waals surface area contributed by atoms with E-state index in [9.17, 15) is 4.79 Å². The van der Waals surface area contributed by atoms with E-state index in [2.05, 4.69) is 48.6 Å². The topological polar surface area (TPSA) is 38.3 Å². The molecule has 3 aromatic rings. The Morgan fingerprint density at radius 3 is 2.57 bits per heavy atom. The summed E-state index contributed by atoms with van der Waals surface area (Å²) in [5.41, 5.74) is 4.63. The zero-order valence-corrected chi connectivity index (χ0v) is 17.5. The molecule has 1 amide bonds. The van der Waals surface area contributed by atoms with Crippen molar-refractivity contribution < 1.29 is 9.53 Å². The van der Waals surface area contributed by atoms with E-state index in [4.69, 9.17) is 4.74 Å². The molecule has 0 spiro atoms. The number of amides is 1. The second-order valence-corrected chi connectivity index (χ2v) is 7.96. The molecule has 1 N–H and O–H groups in total. The summed E-state index contributed by atoms with van der Waals surface area (Å²) < 4.78 is 5.84. The zero-order chi connectivity index (χ0) is 19.9. The molecule has 0 aliphatic heterocycles. The quantitative estimate of drug-likeness (QED) is 0.541. The fourth-order valence-corrected chi connectivity index (χ4v) is 3.87. The molecule has 0 fully saturated rings. The van der Waals surface area contributed by atoms with Crippen LogP contribution in [0.25, 0.3) is 0 Å². The van der Waals surface area contributed by atoms with Gasteiger partial charge < -0.3 is 10.1 Å². The van der Waals surface area contributed by atoms with E-state index in [0.29, 0.717) is 13.0 Å². The standard InChI is InChI=1S/C24H27NO2S/c1-4-19-9-11-20(12-10-19)24(22-6-5-15-28-22)25-23(26)13-14-27-21-16-17(2)7-8-18(21)3/h5-12,15-16,24H,4,13-14H2,1-3H3,(H,25,26)/t24-/m0/s1. The predicted molar refractivity (Wildman–Crippen MR) is 116 cm³/mol. The second-order valence-electron chi connectivity index (χ2n) is 6.98. The van der Waals surface area contributed by atoms with E-state index in [-0.39, 0.29) is 11.9 Å². The number of thiophene rings is 1. The third kappa shape index (κ3) is 5.23. The molecule has 4 heteroatoms. The smallest absolute Gasteiger partial charge is 0.224 e. The normalized spacial score (nSPS) is 11.8. The maximum absolute atomic E-state index is 12.6. The predicted octanol–water partition coefficient (Wildman–Crippen LogP) is 5.60. The zero-order valence-electron chi connectivity index (χ0n) is 16.7. The number of ether oxygens (including phenoxy) is 1. The number of nitrogens with one attached hydrogen (secondary N) is 1. The maximum Gasteiger partial charge on any atom is 0.224 e. The third-order valence-corrected chi connectivity index (χ3v) is 5.72. The molecule has 0 aliphatic rings. The molecular weight excluding hydrogens is 366 g/mol. The highest BCUT2D eigenvalue weighted by Gasteiger charge is 2.18. The van der Waals surface area contributed by atoms with Crippen LogP contribution in [0.5, 0.6) is 5.75 Å². The van der Waals surface area contributed by atoms with Gasteiger partial charge in [0.25, 0.3) is 0 Å². The lowest BCUT2D eigenvalue weighted by molar-refractivity contribution is -0.122. The van der Waals surface area contributed by atoms with E-state index in [0.717, 1.165) is 33.7 Å². The van der Waals surface area contributed by atoms with Crippen LogP contribution in [-0.4, -0.2) is 12.5 Å². The first-order chi connectivity index (χ1) is 13.6. The van der Waals surface area contributed by atoms with Crippen LogP contribution in [0.4, 0.5) is 0 Å². The van der Waals surface area contributed by atoms with Crippen LogP contribution in [0, 0.1) is 13.8 Å². The van der Waals surface area contributed by atoms with Crippen molar-refractivity contribution in [3.8, 4) is 5.75 Å². The van der Waals surface area contributed by atoms with Crippen LogP contribution in [-0.2, 0) is 11.2 Å². The lowest BCUT2D eigenvalue weighted by Crippen LogP contribution is -2.29. The lowest BCUT2D eigenvalue weighted by Gasteiger charge is -2.19. The second kappa shape index (κ2) is 9.56. The van der Waals surface area contributed by atoms with E-state index in [1.807, 2.05) is 37.4 Å². The number of hydrogen-bond donors (Lipinski definition) is 1. The third-order valence-electron chi connectivity index (χ3n) is 4.78. The number of benzene rings is 2. The van der Waals surface area contributed by atoms with Gasteiger partial charge in [0.15, 0.2) is 0 Å². The first-order valence-electron chi connectivity index (χ1n) is 9.68. The van der Waals surface area contributed by atoms with Gasteiger partial charge in [0.2, 0.25) is 5.91 Å². The van der Waals surface area contributed by atoms with Gasteiger partial charge >= 0.3 is 0 Å². The van der Waals surface area contributed by atoms with Crippen LogP contribution >= 0.6 is 11.3 Å². The average Bonchev–Trinajstić information content (AvgIpc) is 3.23. The Balaban J connectivity index is 1.63. The van der Waals surface area contributed by atoms with Crippen molar-refractivity contribution in [1.29, 1.82) is 0 Å². The van der Waals surface area contributed by atoms with Gasteiger partial charge in [0.1, 0.15) is 5.75 Å². The summed E-state index contributed by atoms with van der Waals surface area (Å²) in [5.74, 6) is 0.834. The van der Waals surface area contributed by atoms with Crippen LogP contribution < -0.4 is 10.1 Å². The Bertz CT molecular complexity index is 901. The molecule has 3 nitrogen and oxygen atoms in total. The summed E-state index contributed by atoms with van der Waals surface area (Å²) >= 11 is 1.66. The molecule has 1 heterocycles. The van der Waals surface area contributed by atoms with Crippen molar-refractivity contribution >= 4 is 17.2 Å². The van der Waals surface area contributed by atoms with Crippen molar-refractivity contribution in [2.45, 2.75) is 39.7 Å². The monoisotopic (exact) mass is 393 g/mol. The Hall–Kier alpha value is -2.59. The van der Waals surface area contributed by atoms with E-state index < -0.39 is 0 Å². The minimum atomic E-state index is -0.126. The summed E-state index contributed by atoms with van der Waals surface area (Å²) in [5, 5.41) is 5.22. The van der Waals surface area contributed by atoms with E-state index in [1.54, 1.807) is 11.3 Å². The van der Waals surface area contributed by atoms with Crippen LogP contribution in [0.1, 0.15) is 46.5 Å². The number of rotatable bonds is 8. The van der Waals surface area contributed by atoms with Crippen molar-refractivity contribution in [2.24, 2.45) is 0 Å². The molecular formula is C24H27NO2S. The molecule has 0 bridgehead atoms. The molecule has 0 radical (unpaired) electrons. The van der Waals surface area contributed by atoms with Crippen LogP contribution in [0.2, 0.25) is 0 Å². The first-order valence-corrected chi connectivity index (χ1v) is 10.6. The fourth-order valence-electron chi connectivity index (χ4n) is 3.07. The molecule has 3 rings (SSSR count). The van der Waals surface area contributed by atoms with Crippen molar-refractivity contribution in [1.82, 2.24) is 5.32 Å². The highest BCUT2D eigenvalue weighted by molar-refractivity contribution is 7.10. The average molecular weight is 394 g/mol. The van der Waals surface area contributed by atoms with Crippen molar-refractivity contribution in [2.75, 3.05) is 6.61 Å². The van der Waals surface area contributed by atoms with Crippen molar-refractivity contribution in [3.63, 3.8) is 0 Å². The van der Waals surface area contributed by atoms with Gasteiger partial charge in [0, 0.05) is 4.88 Å². The van der Waals surface area contributed by atoms with Gasteiger partial charge in [-0.2, -0.15) is 0 Å². The molecule has 1 aromatic heterocycles. The van der Waals surface area contributed by atoms with Crippen LogP contribution in [0.15, 0.2) is 60.0 Å². The molecule has 0 unspecified atom stereocenters. The molecule has 0 aliphatic carbocycles. The molecule has 1 atom stereocenters. The van der Waals surface area contributed by atoms with Crippen molar-refractivity contribution in [3.05, 3.63) is 87.1 Å². The number of hydrogen-bond acceptors (Lipinski definition) is 3. The molecule has 28 heavy (non-hydrogen) atoms. The van der Waals surface area contributed by atoms with Gasteiger partial charge in [-0.1, -0.05) is 49.4 Å². The Morgan fingerprint density at radius 2 is 1.89 bits per heavy atom. The number of aryl methyl sites for hydroxylation is 3. The molecule has 0 saturated carbocycles. The highest BCUT2D eigenvalue weighted by Crippen LogP contribution is 2.26. The highest BCUT2D eigenvalue weighted by atomic mass is 32.1. The Morgan fingerprint density at radius 1 is 1.11 bits per heavy atom. The van der Waals surface area contributed by atoms with Gasteiger partial charge in [-0.05, 0) is 60.0 Å². The Kier molecular flexibility index (Phi) is 6.88. The van der Waals surface area contributed by atoms with Gasteiger partial charge in [-0.3, -0.25) is 4.79 Å². The fraction of sp³-hybridized carbons (Fsp3) is 0.292. The minimum Gasteiger partial charge on any atom is -0.493 e. The number of carbonyl (C=O) groups is 1. The van der Waals surface area contributed by atoms with E-state index in [1.165, 1.54) is 5.56 Å². The molecule has 146 valence electrons. The summed E-state index contributed by atoms with van der Waals surface area (Å²) in [6.07, 6.45) is 1.33. The van der Waals surface area contributed by atoms with E-state index >= 15 is 0 Å². The lowest BCUT2D eigenvalue weighted by atomic mass is 10.0. The maximum atomic E-state index is 12.6.